The molecule has 0 spiro atoms. The quantitative estimate of drug-likeness (QED) is 0.467. The molecular formula is C26H41ClN2O2. The topological polar surface area (TPSA) is 32.8 Å². The Morgan fingerprint density at radius 1 is 1.13 bits per heavy atom. The number of hydrogen-bond donors (Lipinski definition) is 0. The highest BCUT2D eigenvalue weighted by Gasteiger charge is 2.27. The number of nitrogens with zero attached hydrogens (tertiary/aromatic N) is 2. The summed E-state index contributed by atoms with van der Waals surface area (Å²) in [4.78, 5) is 17.7. The van der Waals surface area contributed by atoms with Gasteiger partial charge in [0.2, 0.25) is 5.91 Å². The Hall–Kier alpha value is -1.26. The van der Waals surface area contributed by atoms with Gasteiger partial charge in [-0.05, 0) is 69.8 Å². The van der Waals surface area contributed by atoms with Gasteiger partial charge >= 0.3 is 0 Å². The smallest absolute Gasteiger partial charge is 0.225 e. The van der Waals surface area contributed by atoms with Crippen molar-refractivity contribution in [3.05, 3.63) is 28.8 Å². The maximum Gasteiger partial charge on any atom is 0.225 e. The summed E-state index contributed by atoms with van der Waals surface area (Å²) in [6.45, 7) is 8.97. The molecule has 2 aliphatic rings. The minimum Gasteiger partial charge on any atom is -0.492 e. The van der Waals surface area contributed by atoms with Crippen molar-refractivity contribution in [3.63, 3.8) is 0 Å². The number of likely N-dealkylation sites (tertiary alicyclic amines) is 1. The second-order valence-electron chi connectivity index (χ2n) is 9.38. The maximum atomic E-state index is 13.1. The lowest BCUT2D eigenvalue weighted by atomic mass is 9.92. The molecule has 1 saturated heterocycles. The van der Waals surface area contributed by atoms with Gasteiger partial charge < -0.3 is 9.64 Å². The van der Waals surface area contributed by atoms with Gasteiger partial charge in [-0.3, -0.25) is 9.69 Å². The van der Waals surface area contributed by atoms with Crippen LogP contribution in [0.5, 0.6) is 5.75 Å². The van der Waals surface area contributed by atoms with Crippen LogP contribution in [0.2, 0.25) is 5.02 Å². The molecule has 0 radical (unpaired) electrons. The highest BCUT2D eigenvalue weighted by molar-refractivity contribution is 6.31. The lowest BCUT2D eigenvalue weighted by Gasteiger charge is -2.35. The minimum absolute atomic E-state index is 0.0609. The van der Waals surface area contributed by atoms with Gasteiger partial charge in [0.25, 0.3) is 0 Å². The molecule has 0 N–H and O–H groups in total. The third kappa shape index (κ3) is 7.39. The summed E-state index contributed by atoms with van der Waals surface area (Å²) in [5, 5.41) is 0.702. The lowest BCUT2D eigenvalue weighted by molar-refractivity contribution is -0.137. The van der Waals surface area contributed by atoms with Crippen molar-refractivity contribution in [1.29, 1.82) is 0 Å². The lowest BCUT2D eigenvalue weighted by Crippen LogP contribution is -2.44. The van der Waals surface area contributed by atoms with Crippen LogP contribution in [-0.4, -0.2) is 54.5 Å². The van der Waals surface area contributed by atoms with E-state index in [1.165, 1.54) is 58.0 Å². The standard InChI is InChI=1S/C26H41ClN2O2/c1-3-29(23-11-7-6-8-12-23)26(30)21(2)19-22-13-14-24(20-25(22)27)31-18-17-28-15-9-4-5-10-16-28/h13-14,20-21,23H,3-12,15-19H2,1-2H3. The van der Waals surface area contributed by atoms with Crippen LogP contribution in [0.15, 0.2) is 18.2 Å². The largest absolute Gasteiger partial charge is 0.492 e. The van der Waals surface area contributed by atoms with Gasteiger partial charge in [-0.2, -0.15) is 0 Å². The average molecular weight is 449 g/mol. The molecular weight excluding hydrogens is 408 g/mol. The number of carbonyl (C=O) groups excluding carboxylic acids is 1. The molecule has 0 aromatic heterocycles. The Morgan fingerprint density at radius 2 is 1.81 bits per heavy atom. The second kappa shape index (κ2) is 12.7. The molecule has 1 aliphatic heterocycles. The number of ether oxygens (including phenoxy) is 1. The Labute approximate surface area is 194 Å². The third-order valence-corrected chi connectivity index (χ3v) is 7.34. The Balaban J connectivity index is 1.49. The summed E-state index contributed by atoms with van der Waals surface area (Å²) in [6.07, 6.45) is 12.1. The summed E-state index contributed by atoms with van der Waals surface area (Å²) in [7, 11) is 0. The van der Waals surface area contributed by atoms with Crippen LogP contribution in [0.1, 0.15) is 77.2 Å². The molecule has 0 bridgehead atoms. The fraction of sp³-hybridized carbons (Fsp3) is 0.731. The van der Waals surface area contributed by atoms with Gasteiger partial charge in [0.15, 0.2) is 0 Å². The molecule has 1 aromatic rings. The number of rotatable bonds is 9. The molecule has 3 rings (SSSR count). The fourth-order valence-electron chi connectivity index (χ4n) is 5.12. The summed E-state index contributed by atoms with van der Waals surface area (Å²) in [5.41, 5.74) is 1.03. The monoisotopic (exact) mass is 448 g/mol. The van der Waals surface area contributed by atoms with Gasteiger partial charge in [0, 0.05) is 30.1 Å². The molecule has 1 saturated carbocycles. The first-order chi connectivity index (χ1) is 15.1. The molecule has 1 heterocycles. The van der Waals surface area contributed by atoms with Crippen LogP contribution in [0.25, 0.3) is 0 Å². The van der Waals surface area contributed by atoms with Crippen molar-refractivity contribution in [2.45, 2.75) is 84.1 Å². The maximum absolute atomic E-state index is 13.1. The van der Waals surface area contributed by atoms with Crippen LogP contribution in [-0.2, 0) is 11.2 Å². The molecule has 1 aromatic carbocycles. The van der Waals surface area contributed by atoms with Gasteiger partial charge in [-0.15, -0.1) is 0 Å². The second-order valence-corrected chi connectivity index (χ2v) is 9.79. The third-order valence-electron chi connectivity index (χ3n) is 6.99. The Morgan fingerprint density at radius 3 is 2.45 bits per heavy atom. The first-order valence-electron chi connectivity index (χ1n) is 12.5. The normalized spacial score (nSPS) is 19.6. The number of amides is 1. The summed E-state index contributed by atoms with van der Waals surface area (Å²) in [5.74, 6) is 1.03. The average Bonchev–Trinajstić information content (AvgIpc) is 3.05. The zero-order chi connectivity index (χ0) is 22.1. The molecule has 174 valence electrons. The number of hydrogen-bond acceptors (Lipinski definition) is 3. The van der Waals surface area contributed by atoms with Gasteiger partial charge in [0.05, 0.1) is 0 Å². The molecule has 1 aliphatic carbocycles. The van der Waals surface area contributed by atoms with Crippen LogP contribution in [0.4, 0.5) is 0 Å². The first kappa shape index (κ1) is 24.4. The summed E-state index contributed by atoms with van der Waals surface area (Å²) < 4.78 is 5.97. The molecule has 4 nitrogen and oxygen atoms in total. The van der Waals surface area contributed by atoms with E-state index in [2.05, 4.69) is 16.7 Å². The number of benzene rings is 1. The van der Waals surface area contributed by atoms with Crippen LogP contribution in [0, 0.1) is 5.92 Å². The van der Waals surface area contributed by atoms with E-state index in [1.54, 1.807) is 0 Å². The molecule has 1 amide bonds. The van der Waals surface area contributed by atoms with E-state index in [4.69, 9.17) is 16.3 Å². The van der Waals surface area contributed by atoms with Crippen molar-refractivity contribution in [2.75, 3.05) is 32.8 Å². The Bertz CT molecular complexity index is 682. The van der Waals surface area contributed by atoms with Crippen LogP contribution < -0.4 is 4.74 Å². The fourth-order valence-corrected chi connectivity index (χ4v) is 5.37. The molecule has 31 heavy (non-hydrogen) atoms. The van der Waals surface area contributed by atoms with Crippen LogP contribution >= 0.6 is 11.6 Å². The van der Waals surface area contributed by atoms with Crippen molar-refractivity contribution < 1.29 is 9.53 Å². The van der Waals surface area contributed by atoms with Gasteiger partial charge in [-0.25, -0.2) is 0 Å². The molecule has 1 atom stereocenters. The SMILES string of the molecule is CCN(C(=O)C(C)Cc1ccc(OCCN2CCCCCC2)cc1Cl)C1CCCCC1. The van der Waals surface area contributed by atoms with Crippen molar-refractivity contribution in [2.24, 2.45) is 5.92 Å². The Kier molecular flexibility index (Phi) is 9.98. The van der Waals surface area contributed by atoms with E-state index in [-0.39, 0.29) is 11.8 Å². The van der Waals surface area contributed by atoms with Crippen molar-refractivity contribution >= 4 is 17.5 Å². The zero-order valence-electron chi connectivity index (χ0n) is 19.6. The molecule has 2 fully saturated rings. The number of carbonyl (C=O) groups is 1. The minimum atomic E-state index is -0.0609. The highest BCUT2D eigenvalue weighted by Crippen LogP contribution is 2.28. The highest BCUT2D eigenvalue weighted by atomic mass is 35.5. The summed E-state index contributed by atoms with van der Waals surface area (Å²) >= 11 is 6.57. The predicted octanol–water partition coefficient (Wildman–Crippen LogP) is 5.95. The zero-order valence-corrected chi connectivity index (χ0v) is 20.3. The predicted molar refractivity (Wildman–Crippen MR) is 129 cm³/mol. The van der Waals surface area contributed by atoms with E-state index >= 15 is 0 Å². The van der Waals surface area contributed by atoms with E-state index in [0.717, 1.165) is 37.2 Å². The van der Waals surface area contributed by atoms with Crippen molar-refractivity contribution in [1.82, 2.24) is 9.80 Å². The van der Waals surface area contributed by atoms with Crippen LogP contribution in [0.3, 0.4) is 0 Å². The van der Waals surface area contributed by atoms with E-state index < -0.39 is 0 Å². The molecule has 1 unspecified atom stereocenters. The van der Waals surface area contributed by atoms with Crippen molar-refractivity contribution in [3.8, 4) is 5.75 Å². The van der Waals surface area contributed by atoms with E-state index in [9.17, 15) is 4.79 Å². The van der Waals surface area contributed by atoms with E-state index in [1.807, 2.05) is 25.1 Å². The summed E-state index contributed by atoms with van der Waals surface area (Å²) in [6, 6.07) is 6.36. The van der Waals surface area contributed by atoms with Gasteiger partial charge in [-0.1, -0.05) is 56.7 Å². The first-order valence-corrected chi connectivity index (χ1v) is 12.9. The van der Waals surface area contributed by atoms with Gasteiger partial charge in [0.1, 0.15) is 12.4 Å². The number of halogens is 1. The molecule has 5 heteroatoms. The van der Waals surface area contributed by atoms with E-state index in [0.29, 0.717) is 24.1 Å².